The van der Waals surface area contributed by atoms with Gasteiger partial charge in [0.1, 0.15) is 11.6 Å². The minimum atomic E-state index is -0.470. The van der Waals surface area contributed by atoms with Crippen LogP contribution in [-0.4, -0.2) is 4.86 Å². The number of allylic oxidation sites excluding steroid dienone is 1. The first-order valence-electron chi connectivity index (χ1n) is 5.80. The minimum Gasteiger partial charge on any atom is -0.207 e. The van der Waals surface area contributed by atoms with Crippen LogP contribution in [0.3, 0.4) is 0 Å². The molecule has 0 aliphatic rings. The summed E-state index contributed by atoms with van der Waals surface area (Å²) in [7, 11) is 0. The molecule has 0 spiro atoms. The lowest BCUT2D eigenvalue weighted by Gasteiger charge is -2.00. The van der Waals surface area contributed by atoms with Gasteiger partial charge in [0.2, 0.25) is 0 Å². The molecule has 19 heavy (non-hydrogen) atoms. The number of rotatable bonds is 3. The van der Waals surface area contributed by atoms with Crippen LogP contribution in [0.5, 0.6) is 0 Å². The molecule has 0 atom stereocenters. The minimum absolute atomic E-state index is 0.189. The molecule has 0 nitrogen and oxygen atoms in total. The predicted molar refractivity (Wildman–Crippen MR) is 78.3 cm³/mol. The molecular weight excluding hydrogens is 262 g/mol. The van der Waals surface area contributed by atoms with Crippen LogP contribution in [0.2, 0.25) is 0 Å². The molecule has 0 amide bonds. The molecule has 3 heteroatoms. The van der Waals surface area contributed by atoms with E-state index in [9.17, 15) is 8.78 Å². The quantitative estimate of drug-likeness (QED) is 0.444. The topological polar surface area (TPSA) is 0 Å². The lowest BCUT2D eigenvalue weighted by atomic mass is 10.1. The summed E-state index contributed by atoms with van der Waals surface area (Å²) in [5.74, 6) is -0.938. The van der Waals surface area contributed by atoms with Crippen molar-refractivity contribution in [1.29, 1.82) is 0 Å². The van der Waals surface area contributed by atoms with E-state index in [0.29, 0.717) is 4.86 Å². The molecule has 2 rings (SSSR count). The van der Waals surface area contributed by atoms with E-state index in [1.807, 2.05) is 31.2 Å². The van der Waals surface area contributed by atoms with Crippen molar-refractivity contribution in [2.75, 3.05) is 0 Å². The monoisotopic (exact) mass is 274 g/mol. The molecule has 0 fully saturated rings. The molecule has 2 aromatic rings. The van der Waals surface area contributed by atoms with Gasteiger partial charge in [0.25, 0.3) is 0 Å². The van der Waals surface area contributed by atoms with E-state index < -0.39 is 11.6 Å². The largest absolute Gasteiger partial charge is 0.207 e. The molecule has 0 aliphatic carbocycles. The van der Waals surface area contributed by atoms with Crippen LogP contribution in [0.1, 0.15) is 16.7 Å². The predicted octanol–water partition coefficient (Wildman–Crippen LogP) is 4.70. The number of halogens is 2. The molecule has 0 radical (unpaired) electrons. The van der Waals surface area contributed by atoms with Crippen molar-refractivity contribution in [1.82, 2.24) is 0 Å². The molecule has 0 saturated heterocycles. The second-order valence-electron chi connectivity index (χ2n) is 4.23. The van der Waals surface area contributed by atoms with Gasteiger partial charge < -0.3 is 0 Å². The average Bonchev–Trinajstić information content (AvgIpc) is 2.40. The lowest BCUT2D eigenvalue weighted by molar-refractivity contribution is 0.598. The van der Waals surface area contributed by atoms with Crippen LogP contribution < -0.4 is 0 Å². The van der Waals surface area contributed by atoms with Gasteiger partial charge in [0.15, 0.2) is 0 Å². The zero-order valence-electron chi connectivity index (χ0n) is 10.4. The Hall–Kier alpha value is -1.87. The Labute approximate surface area is 116 Å². The van der Waals surface area contributed by atoms with Crippen molar-refractivity contribution >= 4 is 23.2 Å². The summed E-state index contributed by atoms with van der Waals surface area (Å²) >= 11 is 5.24. The Balaban J connectivity index is 2.20. The van der Waals surface area contributed by atoms with E-state index in [2.05, 4.69) is 0 Å². The lowest BCUT2D eigenvalue weighted by Crippen LogP contribution is -1.92. The van der Waals surface area contributed by atoms with Crippen molar-refractivity contribution in [3.63, 3.8) is 0 Å². The second kappa shape index (κ2) is 5.85. The first kappa shape index (κ1) is 13.6. The third-order valence-electron chi connectivity index (χ3n) is 2.71. The van der Waals surface area contributed by atoms with Crippen molar-refractivity contribution in [2.24, 2.45) is 0 Å². The molecule has 0 N–H and O–H groups in total. The zero-order chi connectivity index (χ0) is 13.8. The van der Waals surface area contributed by atoms with Gasteiger partial charge in [-0.3, -0.25) is 0 Å². The first-order valence-corrected chi connectivity index (χ1v) is 6.21. The highest BCUT2D eigenvalue weighted by Gasteiger charge is 2.01. The third-order valence-corrected chi connectivity index (χ3v) is 3.08. The maximum Gasteiger partial charge on any atom is 0.130 e. The van der Waals surface area contributed by atoms with Gasteiger partial charge in [-0.25, -0.2) is 8.78 Å². The summed E-state index contributed by atoms with van der Waals surface area (Å²) in [4.78, 5) is 0.587. The number of benzene rings is 2. The van der Waals surface area contributed by atoms with Gasteiger partial charge in [0, 0.05) is 10.4 Å². The maximum absolute atomic E-state index is 13.4. The van der Waals surface area contributed by atoms with Gasteiger partial charge >= 0.3 is 0 Å². The van der Waals surface area contributed by atoms with E-state index in [-0.39, 0.29) is 5.56 Å². The number of hydrogen-bond donors (Lipinski definition) is 0. The van der Waals surface area contributed by atoms with Gasteiger partial charge in [-0.05, 0) is 36.8 Å². The highest BCUT2D eigenvalue weighted by molar-refractivity contribution is 7.81. The Morgan fingerprint density at radius 2 is 1.74 bits per heavy atom. The van der Waals surface area contributed by atoms with Crippen molar-refractivity contribution in [2.45, 2.75) is 6.92 Å². The third kappa shape index (κ3) is 3.55. The van der Waals surface area contributed by atoms with Crippen LogP contribution in [0.25, 0.3) is 6.08 Å². The van der Waals surface area contributed by atoms with Crippen LogP contribution in [0.4, 0.5) is 8.78 Å². The molecule has 2 aromatic carbocycles. The van der Waals surface area contributed by atoms with Gasteiger partial charge in [0.05, 0.1) is 0 Å². The van der Waals surface area contributed by atoms with E-state index in [1.54, 1.807) is 6.08 Å². The van der Waals surface area contributed by atoms with Gasteiger partial charge in [-0.2, -0.15) is 0 Å². The number of hydrogen-bond acceptors (Lipinski definition) is 1. The van der Waals surface area contributed by atoms with E-state index in [1.165, 1.54) is 6.08 Å². The zero-order valence-corrected chi connectivity index (χ0v) is 11.2. The fourth-order valence-electron chi connectivity index (χ4n) is 1.62. The smallest absolute Gasteiger partial charge is 0.130 e. The number of thiocarbonyl (C=S) groups is 1. The van der Waals surface area contributed by atoms with E-state index in [0.717, 1.165) is 29.3 Å². The Morgan fingerprint density at radius 1 is 1.05 bits per heavy atom. The SMILES string of the molecule is Cc1ccc(C(=S)C=Cc2cc(F)ccc2F)cc1. The molecule has 0 heterocycles. The normalized spacial score (nSPS) is 10.9. The fraction of sp³-hybridized carbons (Fsp3) is 0.0625. The Bertz CT molecular complexity index is 628. The number of aryl methyl sites for hydroxylation is 1. The summed E-state index contributed by atoms with van der Waals surface area (Å²) in [6.45, 7) is 1.99. The molecule has 0 bridgehead atoms. The average molecular weight is 274 g/mol. The summed E-state index contributed by atoms with van der Waals surface area (Å²) in [5.41, 5.74) is 2.22. The van der Waals surface area contributed by atoms with E-state index >= 15 is 0 Å². The second-order valence-corrected chi connectivity index (χ2v) is 4.67. The molecular formula is C16H12F2S. The highest BCUT2D eigenvalue weighted by atomic mass is 32.1. The molecule has 0 aliphatic heterocycles. The summed E-state index contributed by atoms with van der Waals surface area (Å²) in [5, 5.41) is 0. The first-order chi connectivity index (χ1) is 9.06. The highest BCUT2D eigenvalue weighted by Crippen LogP contribution is 2.13. The maximum atomic E-state index is 13.4. The van der Waals surface area contributed by atoms with Crippen LogP contribution >= 0.6 is 12.2 Å². The fourth-order valence-corrected chi connectivity index (χ4v) is 1.83. The molecule has 0 unspecified atom stereocenters. The van der Waals surface area contributed by atoms with Crippen LogP contribution in [-0.2, 0) is 0 Å². The van der Waals surface area contributed by atoms with Gasteiger partial charge in [-0.15, -0.1) is 0 Å². The van der Waals surface area contributed by atoms with Gasteiger partial charge in [-0.1, -0.05) is 48.1 Å². The van der Waals surface area contributed by atoms with Crippen molar-refractivity contribution < 1.29 is 8.78 Å². The molecule has 96 valence electrons. The van der Waals surface area contributed by atoms with Crippen molar-refractivity contribution in [3.8, 4) is 0 Å². The molecule has 0 aromatic heterocycles. The Kier molecular flexibility index (Phi) is 4.17. The summed E-state index contributed by atoms with van der Waals surface area (Å²) in [6.07, 6.45) is 3.10. The summed E-state index contributed by atoms with van der Waals surface area (Å²) in [6, 6.07) is 11.1. The standard InChI is InChI=1S/C16H12F2S/c1-11-2-4-12(5-3-11)16(19)9-6-13-10-14(17)7-8-15(13)18/h2-10H,1H3. The Morgan fingerprint density at radius 3 is 2.42 bits per heavy atom. The van der Waals surface area contributed by atoms with Crippen LogP contribution in [0.15, 0.2) is 48.5 Å². The summed E-state index contributed by atoms with van der Waals surface area (Å²) < 4.78 is 26.4. The van der Waals surface area contributed by atoms with E-state index in [4.69, 9.17) is 12.2 Å². The van der Waals surface area contributed by atoms with Crippen LogP contribution in [0, 0.1) is 18.6 Å². The molecule has 0 saturated carbocycles. The van der Waals surface area contributed by atoms with Crippen molar-refractivity contribution in [3.05, 3.63) is 76.9 Å².